The van der Waals surface area contributed by atoms with E-state index in [1.54, 1.807) is 0 Å². The number of rotatable bonds is 4. The van der Waals surface area contributed by atoms with Gasteiger partial charge >= 0.3 is 6.18 Å². The molecule has 22 heavy (non-hydrogen) atoms. The van der Waals surface area contributed by atoms with Gasteiger partial charge in [-0.25, -0.2) is 0 Å². The van der Waals surface area contributed by atoms with Crippen molar-refractivity contribution in [3.8, 4) is 0 Å². The number of carbonyl (C=O) groups is 1. The zero-order valence-electron chi connectivity index (χ0n) is 12.2. The summed E-state index contributed by atoms with van der Waals surface area (Å²) in [4.78, 5) is 11.9. The molecule has 0 radical (unpaired) electrons. The molecule has 0 aromatic heterocycles. The Bertz CT molecular complexity index is 525. The molecule has 1 amide bonds. The third kappa shape index (κ3) is 4.90. The first-order chi connectivity index (χ1) is 10.4. The van der Waals surface area contributed by atoms with Crippen molar-refractivity contribution in [3.63, 3.8) is 0 Å². The van der Waals surface area contributed by atoms with E-state index in [9.17, 15) is 18.0 Å². The van der Waals surface area contributed by atoms with Crippen LogP contribution in [0.3, 0.4) is 0 Å². The lowest BCUT2D eigenvalue weighted by atomic mass is 9.86. The zero-order chi connectivity index (χ0) is 16.2. The first-order valence-corrected chi connectivity index (χ1v) is 7.90. The van der Waals surface area contributed by atoms with Crippen molar-refractivity contribution in [2.24, 2.45) is 5.92 Å². The molecule has 1 aliphatic rings. The highest BCUT2D eigenvalue weighted by atomic mass is 35.5. The molecule has 6 heteroatoms. The van der Waals surface area contributed by atoms with Crippen molar-refractivity contribution in [3.05, 3.63) is 28.8 Å². The van der Waals surface area contributed by atoms with Crippen LogP contribution in [0.2, 0.25) is 5.02 Å². The molecule has 1 N–H and O–H groups in total. The number of anilines is 1. The van der Waals surface area contributed by atoms with Gasteiger partial charge in [0.15, 0.2) is 0 Å². The maximum atomic E-state index is 12.7. The highest BCUT2D eigenvalue weighted by Crippen LogP contribution is 2.34. The summed E-state index contributed by atoms with van der Waals surface area (Å²) in [5, 5.41) is 2.60. The van der Waals surface area contributed by atoms with Crippen LogP contribution in [-0.2, 0) is 11.0 Å². The van der Waals surface area contributed by atoms with Crippen molar-refractivity contribution in [2.75, 3.05) is 5.32 Å². The SMILES string of the molecule is O=C(CCC1CCCCC1)Nc1cc(C(F)(F)F)ccc1Cl. The van der Waals surface area contributed by atoms with Crippen molar-refractivity contribution < 1.29 is 18.0 Å². The van der Waals surface area contributed by atoms with Crippen LogP contribution >= 0.6 is 11.6 Å². The molecular formula is C16H19ClF3NO. The lowest BCUT2D eigenvalue weighted by Crippen LogP contribution is -2.15. The average molecular weight is 334 g/mol. The molecule has 0 bridgehead atoms. The number of amides is 1. The predicted octanol–water partition coefficient (Wildman–Crippen LogP) is 5.66. The van der Waals surface area contributed by atoms with Gasteiger partial charge in [0, 0.05) is 6.42 Å². The van der Waals surface area contributed by atoms with Crippen molar-refractivity contribution in [1.82, 2.24) is 0 Å². The quantitative estimate of drug-likeness (QED) is 0.757. The molecule has 0 unspecified atom stereocenters. The summed E-state index contributed by atoms with van der Waals surface area (Å²) >= 11 is 5.86. The van der Waals surface area contributed by atoms with Crippen LogP contribution in [0.5, 0.6) is 0 Å². The molecule has 1 fully saturated rings. The Kier molecular flexibility index (Phi) is 5.73. The molecule has 2 nitrogen and oxygen atoms in total. The van der Waals surface area contributed by atoms with Gasteiger partial charge in [0.25, 0.3) is 0 Å². The minimum atomic E-state index is -4.45. The van der Waals surface area contributed by atoms with Gasteiger partial charge in [-0.15, -0.1) is 0 Å². The summed E-state index contributed by atoms with van der Waals surface area (Å²) in [5.74, 6) is 0.267. The van der Waals surface area contributed by atoms with Gasteiger partial charge in [-0.1, -0.05) is 43.7 Å². The summed E-state index contributed by atoms with van der Waals surface area (Å²) in [7, 11) is 0. The van der Waals surface area contributed by atoms with Crippen molar-refractivity contribution in [2.45, 2.75) is 51.1 Å². The Morgan fingerprint density at radius 3 is 2.55 bits per heavy atom. The van der Waals surface area contributed by atoms with Crippen LogP contribution in [0, 0.1) is 5.92 Å². The average Bonchev–Trinajstić information content (AvgIpc) is 2.47. The maximum Gasteiger partial charge on any atom is 0.416 e. The van der Waals surface area contributed by atoms with Gasteiger partial charge < -0.3 is 5.32 Å². The van der Waals surface area contributed by atoms with Gasteiger partial charge in [-0.2, -0.15) is 13.2 Å². The summed E-state index contributed by atoms with van der Waals surface area (Å²) in [6.45, 7) is 0. The zero-order valence-corrected chi connectivity index (χ0v) is 12.9. The number of halogens is 4. The number of alkyl halides is 3. The summed E-state index contributed by atoms with van der Waals surface area (Å²) in [6.07, 6.45) is 2.57. The topological polar surface area (TPSA) is 29.1 Å². The Labute approximate surface area is 133 Å². The number of hydrogen-bond acceptors (Lipinski definition) is 1. The van der Waals surface area contributed by atoms with Crippen LogP contribution in [0.1, 0.15) is 50.5 Å². The van der Waals surface area contributed by atoms with Crippen LogP contribution in [0.4, 0.5) is 18.9 Å². The smallest absolute Gasteiger partial charge is 0.325 e. The van der Waals surface area contributed by atoms with E-state index in [4.69, 9.17) is 11.6 Å². The second-order valence-electron chi connectivity index (χ2n) is 5.78. The molecule has 1 aliphatic carbocycles. The molecule has 0 spiro atoms. The minimum Gasteiger partial charge on any atom is -0.325 e. The van der Waals surface area contributed by atoms with Crippen molar-refractivity contribution >= 4 is 23.2 Å². The Balaban J connectivity index is 1.93. The molecular weight excluding hydrogens is 315 g/mol. The largest absolute Gasteiger partial charge is 0.416 e. The van der Waals surface area contributed by atoms with Gasteiger partial charge in [-0.05, 0) is 30.5 Å². The molecule has 1 aromatic carbocycles. The Morgan fingerprint density at radius 2 is 1.91 bits per heavy atom. The van der Waals surface area contributed by atoms with Crippen molar-refractivity contribution in [1.29, 1.82) is 0 Å². The molecule has 1 aromatic rings. The third-order valence-corrected chi connectivity index (χ3v) is 4.40. The lowest BCUT2D eigenvalue weighted by molar-refractivity contribution is -0.137. The predicted molar refractivity (Wildman–Crippen MR) is 80.9 cm³/mol. The molecule has 2 rings (SSSR count). The number of carbonyl (C=O) groups excluding carboxylic acids is 1. The van der Waals surface area contributed by atoms with Crippen LogP contribution in [0.15, 0.2) is 18.2 Å². The lowest BCUT2D eigenvalue weighted by Gasteiger charge is -2.21. The first kappa shape index (κ1) is 17.1. The number of benzene rings is 1. The van der Waals surface area contributed by atoms with Gasteiger partial charge in [0.2, 0.25) is 5.91 Å². The van der Waals surface area contributed by atoms with E-state index in [1.807, 2.05) is 0 Å². The van der Waals surface area contributed by atoms with E-state index < -0.39 is 11.7 Å². The molecule has 0 saturated heterocycles. The fraction of sp³-hybridized carbons (Fsp3) is 0.562. The monoisotopic (exact) mass is 333 g/mol. The summed E-state index contributed by atoms with van der Waals surface area (Å²) in [5.41, 5.74) is -0.801. The van der Waals surface area contributed by atoms with E-state index >= 15 is 0 Å². The van der Waals surface area contributed by atoms with E-state index in [0.29, 0.717) is 12.3 Å². The molecule has 0 aliphatic heterocycles. The van der Waals surface area contributed by atoms with Crippen LogP contribution < -0.4 is 5.32 Å². The fourth-order valence-corrected chi connectivity index (χ4v) is 2.99. The Hall–Kier alpha value is -1.23. The van der Waals surface area contributed by atoms with Crippen LogP contribution in [0.25, 0.3) is 0 Å². The minimum absolute atomic E-state index is 0.0186. The van der Waals surface area contributed by atoms with E-state index in [0.717, 1.165) is 37.5 Å². The van der Waals surface area contributed by atoms with Crippen LogP contribution in [-0.4, -0.2) is 5.91 Å². The fourth-order valence-electron chi connectivity index (χ4n) is 2.82. The normalized spacial score (nSPS) is 16.5. The van der Waals surface area contributed by atoms with Gasteiger partial charge in [0.1, 0.15) is 0 Å². The molecule has 1 saturated carbocycles. The molecule has 0 atom stereocenters. The second kappa shape index (κ2) is 7.36. The maximum absolute atomic E-state index is 12.7. The van der Waals surface area contributed by atoms with E-state index in [-0.39, 0.29) is 16.6 Å². The first-order valence-electron chi connectivity index (χ1n) is 7.53. The molecule has 0 heterocycles. The van der Waals surface area contributed by atoms with Gasteiger partial charge in [-0.3, -0.25) is 4.79 Å². The highest BCUT2D eigenvalue weighted by molar-refractivity contribution is 6.33. The van der Waals surface area contributed by atoms with Gasteiger partial charge in [0.05, 0.1) is 16.3 Å². The second-order valence-corrected chi connectivity index (χ2v) is 6.19. The highest BCUT2D eigenvalue weighted by Gasteiger charge is 2.31. The molecule has 122 valence electrons. The Morgan fingerprint density at radius 1 is 1.23 bits per heavy atom. The summed E-state index contributed by atoms with van der Waals surface area (Å²) < 4.78 is 38.0. The number of hydrogen-bond donors (Lipinski definition) is 1. The summed E-state index contributed by atoms with van der Waals surface area (Å²) in [6, 6.07) is 2.93. The number of nitrogens with one attached hydrogen (secondary N) is 1. The van der Waals surface area contributed by atoms with E-state index in [2.05, 4.69) is 5.32 Å². The third-order valence-electron chi connectivity index (χ3n) is 4.07. The van der Waals surface area contributed by atoms with E-state index in [1.165, 1.54) is 19.3 Å². The standard InChI is InChI=1S/C16H19ClF3NO/c17-13-8-7-12(16(18,19)20)10-14(13)21-15(22)9-6-11-4-2-1-3-5-11/h7-8,10-11H,1-6,9H2,(H,21,22).